The number of pyridine rings is 1. The van der Waals surface area contributed by atoms with Crippen LogP contribution in [-0.2, 0) is 9.59 Å². The molecule has 1 aromatic heterocycles. The number of nitrogens with zero attached hydrogens (tertiary/aromatic N) is 2. The van der Waals surface area contributed by atoms with Crippen LogP contribution in [0, 0.1) is 13.8 Å². The average Bonchev–Trinajstić information content (AvgIpc) is 3.10. The molecule has 1 unspecified atom stereocenters. The standard InChI is InChI=1S/C27H26N2O4/c1-4-15-33-22-9-6-20(7-10-22)25(30)23-24(19-11-13-28-14-12-19)29(27(32)26(23)31)21-8-5-17(2)18(3)16-21/h5-14,16,24,30H,4,15H2,1-3H3/b25-23+. The third-order valence-electron chi connectivity index (χ3n) is 5.84. The van der Waals surface area contributed by atoms with Gasteiger partial charge in [-0.3, -0.25) is 19.5 Å². The summed E-state index contributed by atoms with van der Waals surface area (Å²) < 4.78 is 5.61. The van der Waals surface area contributed by atoms with E-state index in [1.807, 2.05) is 39.0 Å². The van der Waals surface area contributed by atoms with E-state index in [4.69, 9.17) is 4.74 Å². The molecular weight excluding hydrogens is 416 g/mol. The molecule has 1 atom stereocenters. The maximum absolute atomic E-state index is 13.2. The maximum Gasteiger partial charge on any atom is 0.300 e. The fraction of sp³-hybridized carbons (Fsp3) is 0.222. The molecule has 0 bridgehead atoms. The fourth-order valence-electron chi connectivity index (χ4n) is 3.92. The fourth-order valence-corrected chi connectivity index (χ4v) is 3.92. The summed E-state index contributed by atoms with van der Waals surface area (Å²) in [5, 5.41) is 11.2. The lowest BCUT2D eigenvalue weighted by molar-refractivity contribution is -0.132. The molecule has 33 heavy (non-hydrogen) atoms. The molecule has 4 rings (SSSR count). The van der Waals surface area contributed by atoms with Gasteiger partial charge in [-0.05, 0) is 85.5 Å². The van der Waals surface area contributed by atoms with Crippen molar-refractivity contribution in [2.45, 2.75) is 33.2 Å². The Labute approximate surface area is 193 Å². The minimum Gasteiger partial charge on any atom is -0.507 e. The van der Waals surface area contributed by atoms with Crippen LogP contribution in [0.2, 0.25) is 0 Å². The highest BCUT2D eigenvalue weighted by Crippen LogP contribution is 2.42. The number of ketones is 1. The molecule has 1 N–H and O–H groups in total. The zero-order valence-corrected chi connectivity index (χ0v) is 18.9. The topological polar surface area (TPSA) is 79.7 Å². The van der Waals surface area contributed by atoms with Gasteiger partial charge in [-0.25, -0.2) is 0 Å². The number of carbonyl (C=O) groups excluding carboxylic acids is 2. The second-order valence-electron chi connectivity index (χ2n) is 8.09. The van der Waals surface area contributed by atoms with Crippen LogP contribution >= 0.6 is 0 Å². The number of ether oxygens (including phenoxy) is 1. The van der Waals surface area contributed by atoms with Crippen molar-refractivity contribution in [1.29, 1.82) is 0 Å². The molecule has 2 aromatic carbocycles. The minimum absolute atomic E-state index is 0.0478. The summed E-state index contributed by atoms with van der Waals surface area (Å²) in [5.74, 6) is -0.943. The van der Waals surface area contributed by atoms with E-state index in [0.717, 1.165) is 17.5 Å². The Bertz CT molecular complexity index is 1220. The Hall–Kier alpha value is -3.93. The summed E-state index contributed by atoms with van der Waals surface area (Å²) in [6, 6.07) is 15.2. The lowest BCUT2D eigenvalue weighted by atomic mass is 9.95. The molecule has 0 saturated carbocycles. The van der Waals surface area contributed by atoms with Crippen molar-refractivity contribution in [3.8, 4) is 5.75 Å². The van der Waals surface area contributed by atoms with Gasteiger partial charge in [0.25, 0.3) is 11.7 Å². The highest BCUT2D eigenvalue weighted by atomic mass is 16.5. The second kappa shape index (κ2) is 9.28. The van der Waals surface area contributed by atoms with Crippen molar-refractivity contribution >= 4 is 23.1 Å². The minimum atomic E-state index is -0.772. The SMILES string of the molecule is CCCOc1ccc(/C(O)=C2\C(=O)C(=O)N(c3ccc(C)c(C)c3)C2c2ccncc2)cc1. The van der Waals surface area contributed by atoms with Gasteiger partial charge in [-0.1, -0.05) is 13.0 Å². The summed E-state index contributed by atoms with van der Waals surface area (Å²) in [7, 11) is 0. The van der Waals surface area contributed by atoms with Gasteiger partial charge in [-0.2, -0.15) is 0 Å². The van der Waals surface area contributed by atoms with E-state index in [-0.39, 0.29) is 11.3 Å². The number of hydrogen-bond donors (Lipinski definition) is 1. The third kappa shape index (κ3) is 4.24. The average molecular weight is 443 g/mol. The summed E-state index contributed by atoms with van der Waals surface area (Å²) in [6.45, 7) is 6.56. The molecule has 6 heteroatoms. The number of amides is 1. The Morgan fingerprint density at radius 3 is 2.33 bits per heavy atom. The zero-order chi connectivity index (χ0) is 23.5. The molecule has 6 nitrogen and oxygen atoms in total. The van der Waals surface area contributed by atoms with Crippen molar-refractivity contribution in [3.05, 3.63) is 94.8 Å². The second-order valence-corrected chi connectivity index (χ2v) is 8.09. The van der Waals surface area contributed by atoms with E-state index in [2.05, 4.69) is 4.98 Å². The van der Waals surface area contributed by atoms with Gasteiger partial charge < -0.3 is 9.84 Å². The number of anilines is 1. The third-order valence-corrected chi connectivity index (χ3v) is 5.84. The first kappa shape index (κ1) is 22.3. The Morgan fingerprint density at radius 2 is 1.70 bits per heavy atom. The van der Waals surface area contributed by atoms with Crippen LogP contribution in [-0.4, -0.2) is 28.4 Å². The van der Waals surface area contributed by atoms with Crippen LogP contribution in [0.4, 0.5) is 5.69 Å². The number of aliphatic hydroxyl groups excluding tert-OH is 1. The molecule has 1 amide bonds. The number of aryl methyl sites for hydroxylation is 2. The Balaban J connectivity index is 1.84. The number of rotatable bonds is 6. The van der Waals surface area contributed by atoms with Gasteiger partial charge in [-0.15, -0.1) is 0 Å². The summed E-state index contributed by atoms with van der Waals surface area (Å²) in [4.78, 5) is 31.9. The number of benzene rings is 2. The summed E-state index contributed by atoms with van der Waals surface area (Å²) in [6.07, 6.45) is 4.10. The molecule has 1 aliphatic heterocycles. The lowest BCUT2D eigenvalue weighted by Crippen LogP contribution is -2.29. The van der Waals surface area contributed by atoms with Gasteiger partial charge in [0.05, 0.1) is 18.2 Å². The number of hydrogen-bond acceptors (Lipinski definition) is 5. The largest absolute Gasteiger partial charge is 0.507 e. The predicted molar refractivity (Wildman–Crippen MR) is 127 cm³/mol. The molecule has 0 aliphatic carbocycles. The molecule has 0 spiro atoms. The van der Waals surface area contributed by atoms with Crippen molar-refractivity contribution in [3.63, 3.8) is 0 Å². The van der Waals surface area contributed by atoms with E-state index in [0.29, 0.717) is 29.2 Å². The highest BCUT2D eigenvalue weighted by Gasteiger charge is 2.47. The summed E-state index contributed by atoms with van der Waals surface area (Å²) >= 11 is 0. The molecular formula is C27H26N2O4. The van der Waals surface area contributed by atoms with Gasteiger partial charge in [0.1, 0.15) is 11.5 Å². The highest BCUT2D eigenvalue weighted by molar-refractivity contribution is 6.51. The first-order valence-corrected chi connectivity index (χ1v) is 10.9. The van der Waals surface area contributed by atoms with Gasteiger partial charge in [0, 0.05) is 23.6 Å². The van der Waals surface area contributed by atoms with E-state index < -0.39 is 17.7 Å². The molecule has 1 saturated heterocycles. The van der Waals surface area contributed by atoms with Crippen LogP contribution in [0.25, 0.3) is 5.76 Å². The van der Waals surface area contributed by atoms with Crippen LogP contribution in [0.3, 0.4) is 0 Å². The lowest BCUT2D eigenvalue weighted by Gasteiger charge is -2.26. The zero-order valence-electron chi connectivity index (χ0n) is 18.9. The molecule has 168 valence electrons. The molecule has 3 aromatic rings. The first-order valence-electron chi connectivity index (χ1n) is 10.9. The van der Waals surface area contributed by atoms with Crippen LogP contribution in [0.1, 0.15) is 41.6 Å². The molecule has 1 fully saturated rings. The Kier molecular flexibility index (Phi) is 6.27. The monoisotopic (exact) mass is 442 g/mol. The van der Waals surface area contributed by atoms with Crippen molar-refractivity contribution in [1.82, 2.24) is 4.98 Å². The van der Waals surface area contributed by atoms with E-state index >= 15 is 0 Å². The van der Waals surface area contributed by atoms with E-state index in [1.54, 1.807) is 48.8 Å². The van der Waals surface area contributed by atoms with Crippen molar-refractivity contribution in [2.24, 2.45) is 0 Å². The first-order chi connectivity index (χ1) is 15.9. The number of aromatic nitrogens is 1. The number of Topliss-reactive ketones (excluding diaryl/α,β-unsaturated/α-hetero) is 1. The molecule has 0 radical (unpaired) electrons. The smallest absolute Gasteiger partial charge is 0.300 e. The van der Waals surface area contributed by atoms with Crippen molar-refractivity contribution in [2.75, 3.05) is 11.5 Å². The Morgan fingerprint density at radius 1 is 1.00 bits per heavy atom. The van der Waals surface area contributed by atoms with E-state index in [1.165, 1.54) is 4.90 Å². The van der Waals surface area contributed by atoms with Crippen LogP contribution in [0.15, 0.2) is 72.6 Å². The van der Waals surface area contributed by atoms with Crippen molar-refractivity contribution < 1.29 is 19.4 Å². The van der Waals surface area contributed by atoms with E-state index in [9.17, 15) is 14.7 Å². The van der Waals surface area contributed by atoms with Gasteiger partial charge >= 0.3 is 0 Å². The van der Waals surface area contributed by atoms with Gasteiger partial charge in [0.15, 0.2) is 0 Å². The quantitative estimate of drug-likeness (QED) is 0.326. The van der Waals surface area contributed by atoms with Crippen LogP contribution in [0.5, 0.6) is 5.75 Å². The predicted octanol–water partition coefficient (Wildman–Crippen LogP) is 5.11. The normalized spacial score (nSPS) is 17.4. The number of carbonyl (C=O) groups is 2. The molecule has 2 heterocycles. The van der Waals surface area contributed by atoms with Gasteiger partial charge in [0.2, 0.25) is 0 Å². The number of aliphatic hydroxyl groups is 1. The van der Waals surface area contributed by atoms with Crippen LogP contribution < -0.4 is 9.64 Å². The molecule has 1 aliphatic rings. The maximum atomic E-state index is 13.2. The summed E-state index contributed by atoms with van der Waals surface area (Å²) in [5.41, 5.74) is 3.87.